The molecule has 0 bridgehead atoms. The summed E-state index contributed by atoms with van der Waals surface area (Å²) in [6.45, 7) is 4.32. The summed E-state index contributed by atoms with van der Waals surface area (Å²) in [6.07, 6.45) is 7.98. The summed E-state index contributed by atoms with van der Waals surface area (Å²) in [4.78, 5) is 31.0. The van der Waals surface area contributed by atoms with E-state index in [0.29, 0.717) is 12.5 Å². The van der Waals surface area contributed by atoms with Gasteiger partial charge in [-0.3, -0.25) is 9.59 Å². The second-order valence-corrected chi connectivity index (χ2v) is 12.2. The standard InChI is InChI=1S/C31H40BrN3O3.ClH/c1-38-27-12-8-24(9-13-27)28(33-29(36)25-4-2-3-5-25)14-18-34-19-15-31(16-20-34)17-21-35(30(31)37)22-23-6-10-26(32)11-7-23;/h6-13,25,28H,2-5,14-22H2,1H3,(H,33,36);1H. The molecule has 1 N–H and O–H groups in total. The Labute approximate surface area is 247 Å². The summed E-state index contributed by atoms with van der Waals surface area (Å²) < 4.78 is 6.40. The number of benzene rings is 2. The average molecular weight is 619 g/mol. The highest BCUT2D eigenvalue weighted by atomic mass is 79.9. The van der Waals surface area contributed by atoms with E-state index in [9.17, 15) is 9.59 Å². The van der Waals surface area contributed by atoms with Crippen LogP contribution >= 0.6 is 28.3 Å². The topological polar surface area (TPSA) is 61.9 Å². The monoisotopic (exact) mass is 617 g/mol. The first kappa shape index (κ1) is 29.9. The molecular weight excluding hydrogens is 578 g/mol. The highest BCUT2D eigenvalue weighted by Gasteiger charge is 2.47. The van der Waals surface area contributed by atoms with Crippen molar-refractivity contribution in [1.29, 1.82) is 0 Å². The molecule has 2 aromatic rings. The van der Waals surface area contributed by atoms with Crippen molar-refractivity contribution in [2.24, 2.45) is 11.3 Å². The third-order valence-electron chi connectivity index (χ3n) is 9.00. The van der Waals surface area contributed by atoms with Crippen molar-refractivity contribution in [3.05, 3.63) is 64.1 Å². The van der Waals surface area contributed by atoms with Gasteiger partial charge in [-0.2, -0.15) is 0 Å². The number of hydrogen-bond acceptors (Lipinski definition) is 4. The maximum atomic E-state index is 13.5. The number of carbonyl (C=O) groups is 2. The molecule has 8 heteroatoms. The van der Waals surface area contributed by atoms with Gasteiger partial charge >= 0.3 is 0 Å². The molecule has 1 atom stereocenters. The lowest BCUT2D eigenvalue weighted by Crippen LogP contribution is -2.45. The molecule has 212 valence electrons. The average Bonchev–Trinajstić information content (AvgIpc) is 3.59. The molecule has 2 aliphatic heterocycles. The van der Waals surface area contributed by atoms with Crippen LogP contribution in [0.5, 0.6) is 5.75 Å². The minimum Gasteiger partial charge on any atom is -0.497 e. The van der Waals surface area contributed by atoms with E-state index in [1.165, 1.54) is 5.56 Å². The van der Waals surface area contributed by atoms with Gasteiger partial charge < -0.3 is 19.9 Å². The van der Waals surface area contributed by atoms with E-state index < -0.39 is 0 Å². The van der Waals surface area contributed by atoms with Crippen LogP contribution in [-0.2, 0) is 16.1 Å². The normalized spacial score (nSPS) is 20.2. The number of likely N-dealkylation sites (tertiary alicyclic amines) is 2. The molecule has 5 rings (SSSR count). The molecular formula is C31H41BrClN3O3. The fourth-order valence-electron chi connectivity index (χ4n) is 6.47. The summed E-state index contributed by atoms with van der Waals surface area (Å²) >= 11 is 3.49. The lowest BCUT2D eigenvalue weighted by molar-refractivity contribution is -0.139. The van der Waals surface area contributed by atoms with Gasteiger partial charge in [0.1, 0.15) is 5.75 Å². The Morgan fingerprint density at radius 3 is 2.31 bits per heavy atom. The van der Waals surface area contributed by atoms with Gasteiger partial charge in [0, 0.05) is 30.0 Å². The molecule has 2 aromatic carbocycles. The highest BCUT2D eigenvalue weighted by molar-refractivity contribution is 9.10. The van der Waals surface area contributed by atoms with Crippen LogP contribution < -0.4 is 10.1 Å². The molecule has 6 nitrogen and oxygen atoms in total. The Morgan fingerprint density at radius 1 is 1.03 bits per heavy atom. The smallest absolute Gasteiger partial charge is 0.229 e. The number of nitrogens with one attached hydrogen (secondary N) is 1. The van der Waals surface area contributed by atoms with E-state index in [2.05, 4.69) is 55.3 Å². The fraction of sp³-hybridized carbons (Fsp3) is 0.548. The SMILES string of the molecule is COc1ccc(C(CCN2CCC3(CC2)CCN(Cc2ccc(Br)cc2)C3=O)NC(=O)C2CCCC2)cc1.Cl. The van der Waals surface area contributed by atoms with Crippen molar-refractivity contribution in [2.45, 2.75) is 64.0 Å². The van der Waals surface area contributed by atoms with Crippen LogP contribution in [0.3, 0.4) is 0 Å². The quantitative estimate of drug-likeness (QED) is 0.367. The molecule has 1 spiro atoms. The largest absolute Gasteiger partial charge is 0.497 e. The van der Waals surface area contributed by atoms with Crippen LogP contribution in [0, 0.1) is 11.3 Å². The zero-order chi connectivity index (χ0) is 26.5. The Morgan fingerprint density at radius 2 is 1.67 bits per heavy atom. The number of hydrogen-bond donors (Lipinski definition) is 1. The zero-order valence-corrected chi connectivity index (χ0v) is 25.3. The van der Waals surface area contributed by atoms with Crippen molar-refractivity contribution in [2.75, 3.05) is 33.3 Å². The minimum atomic E-state index is -0.196. The first-order valence-electron chi connectivity index (χ1n) is 14.2. The maximum absolute atomic E-state index is 13.5. The molecule has 1 aliphatic carbocycles. The summed E-state index contributed by atoms with van der Waals surface area (Å²) in [5.41, 5.74) is 2.11. The number of nitrogens with zero attached hydrogens (tertiary/aromatic N) is 2. The first-order chi connectivity index (χ1) is 18.5. The number of ether oxygens (including phenoxy) is 1. The molecule has 1 saturated carbocycles. The number of piperidine rings is 1. The first-order valence-corrected chi connectivity index (χ1v) is 15.0. The zero-order valence-electron chi connectivity index (χ0n) is 22.9. The van der Waals surface area contributed by atoms with Gasteiger partial charge in [-0.1, -0.05) is 53.0 Å². The fourth-order valence-corrected chi connectivity index (χ4v) is 6.73. The van der Waals surface area contributed by atoms with Gasteiger partial charge in [-0.25, -0.2) is 0 Å². The lowest BCUT2D eigenvalue weighted by Gasteiger charge is -2.38. The molecule has 1 unspecified atom stereocenters. The maximum Gasteiger partial charge on any atom is 0.229 e. The molecule has 2 saturated heterocycles. The van der Waals surface area contributed by atoms with E-state index >= 15 is 0 Å². The van der Waals surface area contributed by atoms with Crippen molar-refractivity contribution in [1.82, 2.24) is 15.1 Å². The summed E-state index contributed by atoms with van der Waals surface area (Å²) in [7, 11) is 1.67. The minimum absolute atomic E-state index is 0. The third kappa shape index (κ3) is 7.17. The summed E-state index contributed by atoms with van der Waals surface area (Å²) in [6, 6.07) is 16.3. The molecule has 39 heavy (non-hydrogen) atoms. The summed E-state index contributed by atoms with van der Waals surface area (Å²) in [5, 5.41) is 3.37. The van der Waals surface area contributed by atoms with Crippen LogP contribution in [-0.4, -0.2) is 54.9 Å². The molecule has 0 aromatic heterocycles. The number of amides is 2. The predicted octanol–water partition coefficient (Wildman–Crippen LogP) is 6.13. The van der Waals surface area contributed by atoms with E-state index in [0.717, 1.165) is 93.3 Å². The predicted molar refractivity (Wildman–Crippen MR) is 160 cm³/mol. The lowest BCUT2D eigenvalue weighted by atomic mass is 9.77. The Balaban J connectivity index is 0.00000353. The van der Waals surface area contributed by atoms with Crippen LogP contribution in [0.15, 0.2) is 53.0 Å². The van der Waals surface area contributed by atoms with Crippen LogP contribution in [0.1, 0.15) is 68.5 Å². The van der Waals surface area contributed by atoms with Gasteiger partial charge in [0.2, 0.25) is 11.8 Å². The number of rotatable bonds is 9. The van der Waals surface area contributed by atoms with Crippen molar-refractivity contribution in [3.8, 4) is 5.75 Å². The molecule has 3 aliphatic rings. The number of halogens is 2. The van der Waals surface area contributed by atoms with E-state index in [4.69, 9.17) is 4.74 Å². The van der Waals surface area contributed by atoms with Crippen molar-refractivity contribution < 1.29 is 14.3 Å². The number of methoxy groups -OCH3 is 1. The van der Waals surface area contributed by atoms with Gasteiger partial charge in [-0.15, -0.1) is 12.4 Å². The summed E-state index contributed by atoms with van der Waals surface area (Å²) in [5.74, 6) is 1.51. The van der Waals surface area contributed by atoms with E-state index in [1.807, 2.05) is 24.3 Å². The Hall–Kier alpha value is -2.09. The molecule has 2 amide bonds. The number of carbonyl (C=O) groups excluding carboxylic acids is 2. The second-order valence-electron chi connectivity index (χ2n) is 11.3. The van der Waals surface area contributed by atoms with Crippen LogP contribution in [0.2, 0.25) is 0 Å². The van der Waals surface area contributed by atoms with Gasteiger partial charge in [0.25, 0.3) is 0 Å². The molecule has 3 fully saturated rings. The third-order valence-corrected chi connectivity index (χ3v) is 9.52. The van der Waals surface area contributed by atoms with Gasteiger partial charge in [0.15, 0.2) is 0 Å². The van der Waals surface area contributed by atoms with Crippen molar-refractivity contribution >= 4 is 40.2 Å². The van der Waals surface area contributed by atoms with Crippen LogP contribution in [0.4, 0.5) is 0 Å². The van der Waals surface area contributed by atoms with Gasteiger partial charge in [0.05, 0.1) is 18.6 Å². The Kier molecular flexibility index (Phi) is 10.4. The molecule has 2 heterocycles. The highest BCUT2D eigenvalue weighted by Crippen LogP contribution is 2.42. The Bertz CT molecular complexity index is 1100. The van der Waals surface area contributed by atoms with Crippen LogP contribution in [0.25, 0.3) is 0 Å². The van der Waals surface area contributed by atoms with Crippen molar-refractivity contribution in [3.63, 3.8) is 0 Å². The van der Waals surface area contributed by atoms with E-state index in [-0.39, 0.29) is 35.7 Å². The molecule has 0 radical (unpaired) electrons. The van der Waals surface area contributed by atoms with Gasteiger partial charge in [-0.05, 0) is 87.0 Å². The van der Waals surface area contributed by atoms with E-state index in [1.54, 1.807) is 7.11 Å². The second kappa shape index (κ2) is 13.5.